The molecule has 66 valence electrons. The fourth-order valence-electron chi connectivity index (χ4n) is 1.20. The molecule has 0 aromatic heterocycles. The standard InChI is InChI=1S/C8H7N3S2/c9-5-12-11-6-3-1-2-4-7(6)13-8(11)10/h1-4,8H,10H2. The molecule has 1 aliphatic heterocycles. The second-order valence-corrected chi connectivity index (χ2v) is 4.40. The monoisotopic (exact) mass is 209 g/mol. The molecule has 1 unspecified atom stereocenters. The average molecular weight is 209 g/mol. The number of thiocyanates is 1. The van der Waals surface area contributed by atoms with E-state index in [-0.39, 0.29) is 5.50 Å². The van der Waals surface area contributed by atoms with Gasteiger partial charge in [-0.3, -0.25) is 4.31 Å². The lowest BCUT2D eigenvalue weighted by atomic mass is 10.3. The second-order valence-electron chi connectivity index (χ2n) is 2.48. The van der Waals surface area contributed by atoms with E-state index in [9.17, 15) is 0 Å². The molecular weight excluding hydrogens is 202 g/mol. The van der Waals surface area contributed by atoms with Gasteiger partial charge >= 0.3 is 0 Å². The summed E-state index contributed by atoms with van der Waals surface area (Å²) in [5, 5.41) is 10.6. The Kier molecular flexibility index (Phi) is 2.36. The number of rotatable bonds is 1. The summed E-state index contributed by atoms with van der Waals surface area (Å²) in [6.07, 6.45) is 0. The van der Waals surface area contributed by atoms with Crippen LogP contribution in [0, 0.1) is 10.7 Å². The van der Waals surface area contributed by atoms with Crippen LogP contribution in [-0.4, -0.2) is 5.50 Å². The Labute approximate surface area is 85.0 Å². The summed E-state index contributed by atoms with van der Waals surface area (Å²) < 4.78 is 1.82. The maximum absolute atomic E-state index is 8.58. The van der Waals surface area contributed by atoms with Crippen LogP contribution in [-0.2, 0) is 0 Å². The zero-order chi connectivity index (χ0) is 9.26. The molecule has 0 spiro atoms. The second kappa shape index (κ2) is 3.50. The molecule has 5 heteroatoms. The van der Waals surface area contributed by atoms with Gasteiger partial charge in [0.2, 0.25) is 0 Å². The van der Waals surface area contributed by atoms with Crippen LogP contribution in [0.15, 0.2) is 29.2 Å². The van der Waals surface area contributed by atoms with E-state index < -0.39 is 0 Å². The number of hydrogen-bond acceptors (Lipinski definition) is 5. The average Bonchev–Trinajstić information content (AvgIpc) is 2.44. The van der Waals surface area contributed by atoms with Crippen molar-refractivity contribution in [2.75, 3.05) is 4.31 Å². The smallest absolute Gasteiger partial charge is 0.156 e. The summed E-state index contributed by atoms with van der Waals surface area (Å²) in [6.45, 7) is 0. The number of thioether (sulfide) groups is 1. The largest absolute Gasteiger partial charge is 0.302 e. The third kappa shape index (κ3) is 1.48. The highest BCUT2D eigenvalue weighted by molar-refractivity contribution is 8.07. The third-order valence-corrected chi connectivity index (χ3v) is 3.61. The lowest BCUT2D eigenvalue weighted by Crippen LogP contribution is -2.29. The van der Waals surface area contributed by atoms with Crippen LogP contribution < -0.4 is 10.0 Å². The SMILES string of the molecule is N#CSN1c2ccccc2SC1N. The van der Waals surface area contributed by atoms with E-state index in [1.807, 2.05) is 34.0 Å². The van der Waals surface area contributed by atoms with Crippen molar-refractivity contribution in [2.45, 2.75) is 10.4 Å². The van der Waals surface area contributed by atoms with Gasteiger partial charge in [0.1, 0.15) is 5.50 Å². The summed E-state index contributed by atoms with van der Waals surface area (Å²) in [5.74, 6) is 0. The van der Waals surface area contributed by atoms with Gasteiger partial charge in [0.05, 0.1) is 17.6 Å². The van der Waals surface area contributed by atoms with Crippen LogP contribution >= 0.6 is 23.7 Å². The summed E-state index contributed by atoms with van der Waals surface area (Å²) in [5.41, 5.74) is 6.72. The van der Waals surface area contributed by atoms with Crippen LogP contribution in [0.3, 0.4) is 0 Å². The van der Waals surface area contributed by atoms with Crippen molar-refractivity contribution >= 4 is 29.4 Å². The first-order valence-corrected chi connectivity index (χ1v) is 5.35. The quantitative estimate of drug-likeness (QED) is 0.566. The van der Waals surface area contributed by atoms with Crippen molar-refractivity contribution in [3.8, 4) is 5.40 Å². The molecule has 0 radical (unpaired) electrons. The molecule has 2 N–H and O–H groups in total. The van der Waals surface area contributed by atoms with Gasteiger partial charge in [-0.25, -0.2) is 0 Å². The molecule has 0 amide bonds. The molecule has 2 rings (SSSR count). The zero-order valence-corrected chi connectivity index (χ0v) is 8.31. The van der Waals surface area contributed by atoms with Gasteiger partial charge in [0.25, 0.3) is 0 Å². The molecule has 0 fully saturated rings. The van der Waals surface area contributed by atoms with E-state index in [1.165, 1.54) is 0 Å². The van der Waals surface area contributed by atoms with Gasteiger partial charge in [-0.2, -0.15) is 5.26 Å². The van der Waals surface area contributed by atoms with E-state index in [4.69, 9.17) is 11.0 Å². The molecule has 0 bridgehead atoms. The maximum atomic E-state index is 8.58. The van der Waals surface area contributed by atoms with Gasteiger partial charge < -0.3 is 5.73 Å². The Hall–Kier alpha value is -0.830. The van der Waals surface area contributed by atoms with Crippen molar-refractivity contribution in [3.05, 3.63) is 24.3 Å². The van der Waals surface area contributed by atoms with Gasteiger partial charge in [-0.1, -0.05) is 23.9 Å². The summed E-state index contributed by atoms with van der Waals surface area (Å²) in [6, 6.07) is 7.90. The maximum Gasteiger partial charge on any atom is 0.156 e. The van der Waals surface area contributed by atoms with Gasteiger partial charge in [0, 0.05) is 4.90 Å². The van der Waals surface area contributed by atoms with Crippen LogP contribution in [0.1, 0.15) is 0 Å². The number of hydrogen-bond donors (Lipinski definition) is 1. The minimum atomic E-state index is -0.151. The summed E-state index contributed by atoms with van der Waals surface area (Å²) >= 11 is 2.65. The number of nitrogens with zero attached hydrogens (tertiary/aromatic N) is 2. The lowest BCUT2D eigenvalue weighted by molar-refractivity contribution is 1.00. The first kappa shape index (κ1) is 8.75. The molecule has 1 aliphatic rings. The van der Waals surface area contributed by atoms with Crippen molar-refractivity contribution in [3.63, 3.8) is 0 Å². The molecule has 1 heterocycles. The fourth-order valence-corrected chi connectivity index (χ4v) is 2.88. The minimum absolute atomic E-state index is 0.151. The van der Waals surface area contributed by atoms with Crippen molar-refractivity contribution in [1.82, 2.24) is 0 Å². The number of fused-ring (bicyclic) bond motifs is 1. The topological polar surface area (TPSA) is 53.0 Å². The molecule has 13 heavy (non-hydrogen) atoms. The molecule has 3 nitrogen and oxygen atoms in total. The van der Waals surface area contributed by atoms with Crippen LogP contribution in [0.5, 0.6) is 0 Å². The first-order valence-electron chi connectivity index (χ1n) is 3.69. The highest BCUT2D eigenvalue weighted by Gasteiger charge is 2.27. The minimum Gasteiger partial charge on any atom is -0.302 e. The predicted octanol–water partition coefficient (Wildman–Crippen LogP) is 1.97. The molecule has 1 atom stereocenters. The summed E-state index contributed by atoms with van der Waals surface area (Å²) in [7, 11) is 0. The van der Waals surface area contributed by atoms with Gasteiger partial charge in [0.15, 0.2) is 5.40 Å². The van der Waals surface area contributed by atoms with Crippen LogP contribution in [0.2, 0.25) is 0 Å². The predicted molar refractivity (Wildman–Crippen MR) is 56.0 cm³/mol. The first-order chi connectivity index (χ1) is 6.33. The normalized spacial score (nSPS) is 19.7. The highest BCUT2D eigenvalue weighted by atomic mass is 32.2. The molecule has 0 saturated heterocycles. The Morgan fingerprint density at radius 2 is 2.31 bits per heavy atom. The highest BCUT2D eigenvalue weighted by Crippen LogP contribution is 2.44. The van der Waals surface area contributed by atoms with Crippen LogP contribution in [0.25, 0.3) is 0 Å². The van der Waals surface area contributed by atoms with E-state index in [0.717, 1.165) is 22.5 Å². The lowest BCUT2D eigenvalue weighted by Gasteiger charge is -2.16. The molecular formula is C8H7N3S2. The fraction of sp³-hybridized carbons (Fsp3) is 0.125. The third-order valence-electron chi connectivity index (χ3n) is 1.72. The Bertz CT molecular complexity index is 361. The molecule has 1 aromatic rings. The van der Waals surface area contributed by atoms with E-state index in [0.29, 0.717) is 0 Å². The molecule has 1 aromatic carbocycles. The Morgan fingerprint density at radius 1 is 1.54 bits per heavy atom. The number of nitrogens with two attached hydrogens (primary N) is 1. The van der Waals surface area contributed by atoms with Gasteiger partial charge in [-0.05, 0) is 12.1 Å². The van der Waals surface area contributed by atoms with Crippen molar-refractivity contribution in [2.24, 2.45) is 5.73 Å². The number of benzene rings is 1. The van der Waals surface area contributed by atoms with E-state index in [2.05, 4.69) is 0 Å². The number of nitriles is 1. The number of para-hydroxylation sites is 1. The van der Waals surface area contributed by atoms with Crippen molar-refractivity contribution in [1.29, 1.82) is 5.26 Å². The molecule has 0 saturated carbocycles. The van der Waals surface area contributed by atoms with Gasteiger partial charge in [-0.15, -0.1) is 0 Å². The van der Waals surface area contributed by atoms with E-state index >= 15 is 0 Å². The Morgan fingerprint density at radius 3 is 3.08 bits per heavy atom. The van der Waals surface area contributed by atoms with E-state index in [1.54, 1.807) is 11.8 Å². The van der Waals surface area contributed by atoms with Crippen molar-refractivity contribution < 1.29 is 0 Å². The van der Waals surface area contributed by atoms with Crippen LogP contribution in [0.4, 0.5) is 5.69 Å². The zero-order valence-electron chi connectivity index (χ0n) is 6.68. The number of anilines is 1. The Balaban J connectivity index is 2.36. The molecule has 0 aliphatic carbocycles. The summed E-state index contributed by atoms with van der Waals surface area (Å²) in [4.78, 5) is 1.14.